The number of ether oxygens (including phenoxy) is 5. The molecule has 2 aromatic heterocycles. The van der Waals surface area contributed by atoms with E-state index in [1.54, 1.807) is 12.4 Å². The van der Waals surface area contributed by atoms with Crippen molar-refractivity contribution in [1.82, 2.24) is 40.3 Å². The molecule has 3 unspecified atom stereocenters. The average Bonchev–Trinajstić information content (AvgIpc) is 3.97. The zero-order chi connectivity index (χ0) is 40.8. The van der Waals surface area contributed by atoms with E-state index in [2.05, 4.69) is 77.2 Å². The second kappa shape index (κ2) is 21.7. The van der Waals surface area contributed by atoms with Gasteiger partial charge in [0.05, 0.1) is 76.3 Å². The van der Waals surface area contributed by atoms with Crippen LogP contribution < -0.4 is 15.5 Å². The van der Waals surface area contributed by atoms with Gasteiger partial charge >= 0.3 is 0 Å². The molecule has 0 radical (unpaired) electrons. The summed E-state index contributed by atoms with van der Waals surface area (Å²) in [7, 11) is 0. The van der Waals surface area contributed by atoms with E-state index >= 15 is 0 Å². The highest BCUT2D eigenvalue weighted by molar-refractivity contribution is 5.93. The number of carbonyl (C=O) groups is 2. The van der Waals surface area contributed by atoms with Crippen molar-refractivity contribution in [3.63, 3.8) is 0 Å². The molecule has 4 aliphatic heterocycles. The van der Waals surface area contributed by atoms with Crippen molar-refractivity contribution in [1.29, 1.82) is 0 Å². The van der Waals surface area contributed by atoms with Crippen LogP contribution >= 0.6 is 0 Å². The number of nitrogens with zero attached hydrogens (tertiary/aromatic N) is 7. The van der Waals surface area contributed by atoms with Gasteiger partial charge in [0.2, 0.25) is 11.9 Å². The first-order valence-corrected chi connectivity index (χ1v) is 21.2. The van der Waals surface area contributed by atoms with Crippen molar-refractivity contribution in [3.8, 4) is 12.3 Å². The Bertz CT molecular complexity index is 1800. The number of amides is 2. The predicted molar refractivity (Wildman–Crippen MR) is 219 cm³/mol. The van der Waals surface area contributed by atoms with Gasteiger partial charge in [-0.05, 0) is 51.0 Å². The van der Waals surface area contributed by atoms with Gasteiger partial charge in [0, 0.05) is 63.3 Å². The van der Waals surface area contributed by atoms with Crippen LogP contribution in [0, 0.1) is 25.2 Å². The van der Waals surface area contributed by atoms with Crippen LogP contribution in [0.3, 0.4) is 0 Å². The van der Waals surface area contributed by atoms with E-state index in [-0.39, 0.29) is 36.3 Å². The van der Waals surface area contributed by atoms with Crippen LogP contribution in [-0.4, -0.2) is 146 Å². The number of fused-ring (bicyclic) bond motifs is 2. The summed E-state index contributed by atoms with van der Waals surface area (Å²) in [6, 6.07) is 11.7. The molecule has 4 fully saturated rings. The van der Waals surface area contributed by atoms with Crippen LogP contribution in [0.4, 0.5) is 5.95 Å². The Morgan fingerprint density at radius 1 is 0.898 bits per heavy atom. The van der Waals surface area contributed by atoms with Crippen molar-refractivity contribution < 1.29 is 33.3 Å². The summed E-state index contributed by atoms with van der Waals surface area (Å²) < 4.78 is 29.4. The highest BCUT2D eigenvalue weighted by Gasteiger charge is 2.44. The van der Waals surface area contributed by atoms with Gasteiger partial charge in [-0.3, -0.25) is 14.5 Å². The number of piperidine rings is 1. The molecule has 0 spiro atoms. The second-order valence-corrected chi connectivity index (χ2v) is 15.8. The molecule has 4 saturated heterocycles. The molecule has 7 rings (SSSR count). The molecule has 4 atom stereocenters. The molecule has 0 aliphatic carbocycles. The zero-order valence-corrected chi connectivity index (χ0v) is 34.2. The van der Waals surface area contributed by atoms with Gasteiger partial charge in [-0.1, -0.05) is 36.3 Å². The first kappa shape index (κ1) is 42.6. The molecule has 2 bridgehead atoms. The molecule has 16 nitrogen and oxygen atoms in total. The van der Waals surface area contributed by atoms with Crippen molar-refractivity contribution in [2.45, 2.75) is 75.5 Å². The average molecular weight is 814 g/mol. The normalized spacial score (nSPS) is 22.2. The summed E-state index contributed by atoms with van der Waals surface area (Å²) >= 11 is 0. The smallest absolute Gasteiger partial charge is 0.254 e. The fourth-order valence-electron chi connectivity index (χ4n) is 8.79. The molecule has 3 aromatic rings. The van der Waals surface area contributed by atoms with E-state index in [1.807, 2.05) is 6.07 Å². The number of aromatic nitrogens is 5. The monoisotopic (exact) mass is 813 g/mol. The number of carbonyl (C=O) groups excluding carboxylic acids is 2. The Morgan fingerprint density at radius 2 is 1.58 bits per heavy atom. The Hall–Kier alpha value is -4.50. The van der Waals surface area contributed by atoms with Crippen molar-refractivity contribution in [2.75, 3.05) is 97.1 Å². The lowest BCUT2D eigenvalue weighted by Gasteiger charge is -2.42. The molecule has 318 valence electrons. The maximum absolute atomic E-state index is 13.1. The molecule has 1 aromatic carbocycles. The van der Waals surface area contributed by atoms with Crippen LogP contribution in [0.1, 0.15) is 84.1 Å². The minimum Gasteiger partial charge on any atom is -0.381 e. The first-order valence-electron chi connectivity index (χ1n) is 21.2. The van der Waals surface area contributed by atoms with Gasteiger partial charge in [0.1, 0.15) is 18.3 Å². The molecular formula is C43H59N9O7. The van der Waals surface area contributed by atoms with Crippen LogP contribution in [0.25, 0.3) is 0 Å². The summed E-state index contributed by atoms with van der Waals surface area (Å²) in [5.41, 5.74) is 1.55. The summed E-state index contributed by atoms with van der Waals surface area (Å²) in [4.78, 5) is 39.7. The molecule has 4 aliphatic rings. The van der Waals surface area contributed by atoms with Crippen LogP contribution in [0.2, 0.25) is 0 Å². The number of rotatable bonds is 23. The predicted octanol–water partition coefficient (Wildman–Crippen LogP) is 2.86. The first-order chi connectivity index (χ1) is 29.0. The number of benzene rings is 1. The summed E-state index contributed by atoms with van der Waals surface area (Å²) in [5, 5.41) is 15.5. The maximum atomic E-state index is 13.1. The number of hydrogen-bond acceptors (Lipinski definition) is 13. The number of hydrogen-bond donors (Lipinski definition) is 2. The van der Waals surface area contributed by atoms with Crippen LogP contribution in [-0.2, 0) is 28.5 Å². The van der Waals surface area contributed by atoms with Gasteiger partial charge in [0.25, 0.3) is 5.91 Å². The molecule has 59 heavy (non-hydrogen) atoms. The summed E-state index contributed by atoms with van der Waals surface area (Å²) in [5.74, 6) is 5.02. The molecule has 0 saturated carbocycles. The standard InChI is InChI=1S/C43H59N9O7/c1-3-15-55-18-20-57-22-23-58-21-19-56-17-13-44-41(53)34-26-45-43(46-27-34)50-28-35(29-50)40-49-48-31(2)52(40)38-24-36-9-10-37(25-38)51(36)14-11-39(32-7-5-4-6-8-32)47-42(54)33-12-16-59-30-33/h1,4-8,26-27,33,35-39H,9-25,28-30H2,2H3,(H,44,53)(H,47,54)/t33?,36?,37?,38?,39-/m0/s1. The Kier molecular flexibility index (Phi) is 15.6. The highest BCUT2D eigenvalue weighted by atomic mass is 16.6. The summed E-state index contributed by atoms with van der Waals surface area (Å²) in [6.07, 6.45) is 14.4. The number of terminal acetylenes is 1. The van der Waals surface area contributed by atoms with Crippen molar-refractivity contribution in [2.24, 2.45) is 5.92 Å². The minimum absolute atomic E-state index is 0.0243. The number of anilines is 1. The lowest BCUT2D eigenvalue weighted by Crippen LogP contribution is -2.48. The molecular weight excluding hydrogens is 755 g/mol. The molecule has 2 N–H and O–H groups in total. The number of aryl methyl sites for hydroxylation is 1. The largest absolute Gasteiger partial charge is 0.381 e. The van der Waals surface area contributed by atoms with Gasteiger partial charge in [0.15, 0.2) is 0 Å². The Labute approximate surface area is 347 Å². The fraction of sp³-hybridized carbons (Fsp3) is 0.628. The molecule has 2 amide bonds. The second-order valence-electron chi connectivity index (χ2n) is 15.8. The highest BCUT2D eigenvalue weighted by Crippen LogP contribution is 2.43. The quantitative estimate of drug-likeness (QED) is 0.106. The van der Waals surface area contributed by atoms with Gasteiger partial charge in [-0.25, -0.2) is 9.97 Å². The number of nitrogens with one attached hydrogen (secondary N) is 2. The lowest BCUT2D eigenvalue weighted by atomic mass is 9.93. The van der Waals surface area contributed by atoms with Crippen LogP contribution in [0.5, 0.6) is 0 Å². The summed E-state index contributed by atoms with van der Waals surface area (Å²) in [6.45, 7) is 9.41. The third kappa shape index (κ3) is 11.4. The zero-order valence-electron chi connectivity index (χ0n) is 34.2. The van der Waals surface area contributed by atoms with Crippen molar-refractivity contribution >= 4 is 17.8 Å². The SMILES string of the molecule is C#CCOCCOCCOCCOCCNC(=O)c1cnc(N2CC(c3nnc(C)n3C3CC4CCC(C3)N4CC[C@H](NC(=O)C3CCOC3)c3ccccc3)C2)nc1. The molecule has 16 heteroatoms. The van der Waals surface area contributed by atoms with E-state index < -0.39 is 0 Å². The molecule has 6 heterocycles. The third-order valence-electron chi connectivity index (χ3n) is 11.9. The minimum atomic E-state index is -0.248. The van der Waals surface area contributed by atoms with Gasteiger partial charge in [-0.15, -0.1) is 16.6 Å². The van der Waals surface area contributed by atoms with E-state index in [4.69, 9.17) is 35.2 Å². The van der Waals surface area contributed by atoms with E-state index in [1.165, 1.54) is 12.8 Å². The van der Waals surface area contributed by atoms with Crippen LogP contribution in [0.15, 0.2) is 42.7 Å². The third-order valence-corrected chi connectivity index (χ3v) is 11.9. The van der Waals surface area contributed by atoms with E-state index in [0.717, 1.165) is 62.5 Å². The Morgan fingerprint density at radius 3 is 2.24 bits per heavy atom. The Balaban J connectivity index is 0.822. The fourth-order valence-corrected chi connectivity index (χ4v) is 8.79. The van der Waals surface area contributed by atoms with E-state index in [9.17, 15) is 9.59 Å². The van der Waals surface area contributed by atoms with Gasteiger partial charge in [-0.2, -0.15) is 0 Å². The van der Waals surface area contributed by atoms with E-state index in [0.29, 0.717) is 95.6 Å². The topological polar surface area (TPSA) is 167 Å². The maximum Gasteiger partial charge on any atom is 0.254 e. The van der Waals surface area contributed by atoms with Gasteiger partial charge < -0.3 is 43.8 Å². The van der Waals surface area contributed by atoms with Crippen molar-refractivity contribution in [3.05, 3.63) is 65.5 Å². The lowest BCUT2D eigenvalue weighted by molar-refractivity contribution is -0.125.